The topological polar surface area (TPSA) is 129 Å². The summed E-state index contributed by atoms with van der Waals surface area (Å²) in [6, 6.07) is 15.8. The number of hydrogen-bond acceptors (Lipinski definition) is 6. The number of primary amides is 1. The summed E-state index contributed by atoms with van der Waals surface area (Å²) in [5.74, 6) is -1.69. The summed E-state index contributed by atoms with van der Waals surface area (Å²) in [6.45, 7) is 0. The second-order valence-electron chi connectivity index (χ2n) is 6.59. The van der Waals surface area contributed by atoms with Gasteiger partial charge in [0.25, 0.3) is 0 Å². The lowest BCUT2D eigenvalue weighted by molar-refractivity contribution is -0.119. The molecule has 1 aliphatic rings. The molecule has 2 atom stereocenters. The van der Waals surface area contributed by atoms with Crippen LogP contribution in [0.25, 0.3) is 0 Å². The summed E-state index contributed by atoms with van der Waals surface area (Å²) in [5, 5.41) is 23.3. The number of hydrogen-bond donors (Lipinski definition) is 4. The number of carboxylic acids is 1. The molecule has 2 aromatic carbocycles. The Morgan fingerprint density at radius 3 is 2.41 bits per heavy atom. The number of benzene rings is 2. The van der Waals surface area contributed by atoms with E-state index in [0.29, 0.717) is 5.82 Å². The van der Waals surface area contributed by atoms with Gasteiger partial charge in [0.1, 0.15) is 18.0 Å². The van der Waals surface area contributed by atoms with Crippen molar-refractivity contribution < 1.29 is 19.8 Å². The molecule has 1 amide bonds. The van der Waals surface area contributed by atoms with Gasteiger partial charge in [-0.2, -0.15) is 0 Å². The maximum atomic E-state index is 12.6. The van der Waals surface area contributed by atoms with Gasteiger partial charge < -0.3 is 26.2 Å². The van der Waals surface area contributed by atoms with Gasteiger partial charge in [0.15, 0.2) is 5.82 Å². The second kappa shape index (κ2) is 7.16. The van der Waals surface area contributed by atoms with Crippen molar-refractivity contribution in [1.82, 2.24) is 4.98 Å². The Hall–Kier alpha value is -4.07. The molecule has 3 aromatic rings. The summed E-state index contributed by atoms with van der Waals surface area (Å²) < 4.78 is 0. The first kappa shape index (κ1) is 18.3. The van der Waals surface area contributed by atoms with E-state index in [4.69, 9.17) is 5.73 Å². The van der Waals surface area contributed by atoms with Gasteiger partial charge >= 0.3 is 5.97 Å². The molecule has 1 aliphatic heterocycles. The van der Waals surface area contributed by atoms with E-state index in [0.717, 1.165) is 5.56 Å². The Kier molecular flexibility index (Phi) is 4.52. The zero-order chi connectivity index (χ0) is 20.5. The molecule has 8 nitrogen and oxygen atoms in total. The highest BCUT2D eigenvalue weighted by molar-refractivity contribution is 6.01. The Morgan fingerprint density at radius 2 is 1.76 bits per heavy atom. The maximum absolute atomic E-state index is 12.6. The van der Waals surface area contributed by atoms with Crippen LogP contribution < -0.4 is 16.0 Å². The van der Waals surface area contributed by atoms with Gasteiger partial charge in [-0.3, -0.25) is 4.79 Å². The van der Waals surface area contributed by atoms with E-state index >= 15 is 0 Å². The predicted octanol–water partition coefficient (Wildman–Crippen LogP) is 2.64. The second-order valence-corrected chi connectivity index (χ2v) is 6.59. The molecule has 0 fully saturated rings. The number of phenols is 1. The molecule has 1 aromatic heterocycles. The molecule has 146 valence electrons. The molecule has 0 radical (unpaired) electrons. The van der Waals surface area contributed by atoms with Gasteiger partial charge in [-0.05, 0) is 17.7 Å². The zero-order valence-electron chi connectivity index (χ0n) is 15.2. The fourth-order valence-corrected chi connectivity index (χ4v) is 3.64. The highest BCUT2D eigenvalue weighted by Crippen LogP contribution is 2.47. The van der Waals surface area contributed by atoms with Crippen molar-refractivity contribution in [3.63, 3.8) is 0 Å². The molecule has 0 saturated heterocycles. The van der Waals surface area contributed by atoms with Crippen LogP contribution in [0, 0.1) is 0 Å². The van der Waals surface area contributed by atoms with Crippen LogP contribution in [-0.4, -0.2) is 27.1 Å². The number of nitrogens with zero attached hydrogens (tertiary/aromatic N) is 2. The van der Waals surface area contributed by atoms with Crippen molar-refractivity contribution in [3.05, 3.63) is 83.6 Å². The van der Waals surface area contributed by atoms with Crippen molar-refractivity contribution in [1.29, 1.82) is 0 Å². The number of aromatic hydroxyl groups is 1. The lowest BCUT2D eigenvalue weighted by Gasteiger charge is -2.34. The number of aromatic carboxylic acids is 1. The fraction of sp³-hybridized carbons (Fsp3) is 0.0952. The lowest BCUT2D eigenvalue weighted by atomic mass is 10.00. The lowest BCUT2D eigenvalue weighted by Crippen LogP contribution is -2.40. The van der Waals surface area contributed by atoms with E-state index in [9.17, 15) is 19.8 Å². The summed E-state index contributed by atoms with van der Waals surface area (Å²) in [6.07, 6.45) is 0.774. The Morgan fingerprint density at radius 1 is 1.07 bits per heavy atom. The molecule has 2 heterocycles. The van der Waals surface area contributed by atoms with Gasteiger partial charge in [-0.1, -0.05) is 48.5 Å². The number of amides is 1. The summed E-state index contributed by atoms with van der Waals surface area (Å²) in [4.78, 5) is 30.3. The highest BCUT2D eigenvalue weighted by atomic mass is 16.4. The Labute approximate surface area is 166 Å². The number of para-hydroxylation sites is 1. The molecule has 8 heteroatoms. The van der Waals surface area contributed by atoms with E-state index in [1.54, 1.807) is 23.1 Å². The smallest absolute Gasteiger partial charge is 0.338 e. The number of pyridine rings is 1. The number of carbonyl (C=O) groups is 2. The molecular formula is C21H18N4O4. The number of carboxylic acid groups (broad SMARTS) is 1. The van der Waals surface area contributed by atoms with Crippen LogP contribution >= 0.6 is 0 Å². The maximum Gasteiger partial charge on any atom is 0.338 e. The first-order chi connectivity index (χ1) is 14.0. The molecular weight excluding hydrogens is 372 g/mol. The molecule has 29 heavy (non-hydrogen) atoms. The molecule has 0 bridgehead atoms. The predicted molar refractivity (Wildman–Crippen MR) is 107 cm³/mol. The highest BCUT2D eigenvalue weighted by Gasteiger charge is 2.42. The molecule has 0 aliphatic carbocycles. The molecule has 2 unspecified atom stereocenters. The number of rotatable bonds is 5. The average Bonchev–Trinajstić information content (AvgIpc) is 3.09. The zero-order valence-corrected chi connectivity index (χ0v) is 15.2. The summed E-state index contributed by atoms with van der Waals surface area (Å²) in [7, 11) is 0. The van der Waals surface area contributed by atoms with Crippen molar-refractivity contribution >= 4 is 23.4 Å². The van der Waals surface area contributed by atoms with Crippen LogP contribution in [0.1, 0.15) is 33.7 Å². The Balaban J connectivity index is 1.97. The SMILES string of the molecule is NC(=O)C(c1ccccc1O)N1c2c(C(=O)O)ccnc2NC1c1ccccc1. The summed E-state index contributed by atoms with van der Waals surface area (Å²) >= 11 is 0. The van der Waals surface area contributed by atoms with E-state index < -0.39 is 24.1 Å². The van der Waals surface area contributed by atoms with Crippen LogP contribution in [0.15, 0.2) is 66.9 Å². The number of nitrogens with two attached hydrogens (primary N) is 1. The fourth-order valence-electron chi connectivity index (χ4n) is 3.64. The number of aromatic nitrogens is 1. The van der Waals surface area contributed by atoms with Crippen molar-refractivity contribution in [2.24, 2.45) is 5.73 Å². The van der Waals surface area contributed by atoms with Gasteiger partial charge in [-0.15, -0.1) is 0 Å². The number of phenolic OH excluding ortho intramolecular Hbond substituents is 1. The van der Waals surface area contributed by atoms with Gasteiger partial charge in [0, 0.05) is 11.8 Å². The largest absolute Gasteiger partial charge is 0.508 e. The normalized spacial score (nSPS) is 16.0. The third kappa shape index (κ3) is 3.10. The minimum absolute atomic E-state index is 0.0254. The van der Waals surface area contributed by atoms with Gasteiger partial charge in [0.05, 0.1) is 11.3 Å². The van der Waals surface area contributed by atoms with Crippen LogP contribution in [-0.2, 0) is 4.79 Å². The van der Waals surface area contributed by atoms with Crippen LogP contribution in [0.4, 0.5) is 11.5 Å². The monoisotopic (exact) mass is 390 g/mol. The third-order valence-electron chi connectivity index (χ3n) is 4.86. The molecule has 0 saturated carbocycles. The third-order valence-corrected chi connectivity index (χ3v) is 4.86. The average molecular weight is 390 g/mol. The van der Waals surface area contributed by atoms with Crippen LogP contribution in [0.3, 0.4) is 0 Å². The van der Waals surface area contributed by atoms with Crippen LogP contribution in [0.5, 0.6) is 5.75 Å². The van der Waals surface area contributed by atoms with E-state index in [-0.39, 0.29) is 22.6 Å². The first-order valence-corrected chi connectivity index (χ1v) is 8.88. The number of nitrogens with one attached hydrogen (secondary N) is 1. The molecule has 5 N–H and O–H groups in total. The van der Waals surface area contributed by atoms with E-state index in [1.807, 2.05) is 30.3 Å². The first-order valence-electron chi connectivity index (χ1n) is 8.88. The van der Waals surface area contributed by atoms with Crippen molar-refractivity contribution in [3.8, 4) is 5.75 Å². The van der Waals surface area contributed by atoms with E-state index in [2.05, 4.69) is 10.3 Å². The minimum Gasteiger partial charge on any atom is -0.508 e. The standard InChI is InChI=1S/C21H18N4O4/c22-18(27)16(13-8-4-5-9-15(13)26)25-17-14(21(28)29)10-11-23-19(17)24-20(25)12-6-2-1-3-7-12/h1-11,16,20,26H,(H2,22,27)(H,23,24)(H,28,29). The van der Waals surface area contributed by atoms with Gasteiger partial charge in [-0.25, -0.2) is 9.78 Å². The molecule has 0 spiro atoms. The Bertz CT molecular complexity index is 1090. The quantitative estimate of drug-likeness (QED) is 0.527. The van der Waals surface area contributed by atoms with Crippen LogP contribution in [0.2, 0.25) is 0 Å². The number of fused-ring (bicyclic) bond motifs is 1. The van der Waals surface area contributed by atoms with Crippen molar-refractivity contribution in [2.45, 2.75) is 12.2 Å². The number of carbonyl (C=O) groups excluding carboxylic acids is 1. The molecule has 4 rings (SSSR count). The van der Waals surface area contributed by atoms with Gasteiger partial charge in [0.2, 0.25) is 5.91 Å². The van der Waals surface area contributed by atoms with Crippen molar-refractivity contribution in [2.75, 3.05) is 10.2 Å². The summed E-state index contributed by atoms with van der Waals surface area (Å²) in [5.41, 5.74) is 7.02. The number of anilines is 2. The van der Waals surface area contributed by atoms with E-state index in [1.165, 1.54) is 18.3 Å². The minimum atomic E-state index is -1.16.